The molecule has 0 aliphatic carbocycles. The second-order valence-corrected chi connectivity index (χ2v) is 14.3. The lowest BCUT2D eigenvalue weighted by atomic mass is 9.71. The Bertz CT molecular complexity index is 1890. The van der Waals surface area contributed by atoms with Crippen LogP contribution in [0.25, 0.3) is 11.3 Å². The summed E-state index contributed by atoms with van der Waals surface area (Å²) in [5.41, 5.74) is 3.89. The number of sulfonamides is 1. The number of carbonyl (C=O) groups excluding carboxylic acids is 2. The van der Waals surface area contributed by atoms with Crippen molar-refractivity contribution in [3.05, 3.63) is 130 Å². The summed E-state index contributed by atoms with van der Waals surface area (Å²) < 4.78 is 26.0. The first-order chi connectivity index (χ1) is 22.6. The molecule has 47 heavy (non-hydrogen) atoms. The molecular weight excluding hydrogens is 654 g/mol. The van der Waals surface area contributed by atoms with Gasteiger partial charge in [0.25, 0.3) is 0 Å². The second kappa shape index (κ2) is 14.8. The SMILES string of the molecule is CNC(=O)Cc1ccc(NCCC(C(=O)Nc2nc(-c3ccc(NS(C)(=O)=O)cc3)c(Cl)s2)(c2ccccc2)c2ccccc2)cc1. The summed E-state index contributed by atoms with van der Waals surface area (Å²) in [4.78, 5) is 31.0. The van der Waals surface area contributed by atoms with Crippen molar-refractivity contribution in [2.45, 2.75) is 18.3 Å². The number of hydrogen-bond donors (Lipinski definition) is 4. The highest BCUT2D eigenvalue weighted by Crippen LogP contribution is 2.40. The minimum atomic E-state index is -3.42. The third-order valence-electron chi connectivity index (χ3n) is 7.62. The number of aromatic nitrogens is 1. The summed E-state index contributed by atoms with van der Waals surface area (Å²) in [6, 6.07) is 33.7. The number of anilines is 3. The zero-order valence-electron chi connectivity index (χ0n) is 25.8. The normalized spacial score (nSPS) is 11.5. The zero-order chi connectivity index (χ0) is 33.4. The quantitative estimate of drug-likeness (QED) is 0.111. The first kappa shape index (κ1) is 33.6. The van der Waals surface area contributed by atoms with E-state index in [1.165, 1.54) is 0 Å². The average Bonchev–Trinajstić information content (AvgIpc) is 3.43. The molecule has 0 fully saturated rings. The number of carbonyl (C=O) groups is 2. The fraction of sp³-hybridized carbons (Fsp3) is 0.171. The van der Waals surface area contributed by atoms with Crippen LogP contribution >= 0.6 is 22.9 Å². The molecule has 5 rings (SSSR count). The van der Waals surface area contributed by atoms with E-state index in [2.05, 4.69) is 25.7 Å². The molecule has 0 saturated carbocycles. The first-order valence-corrected chi connectivity index (χ1v) is 17.9. The van der Waals surface area contributed by atoms with Crippen LogP contribution in [0, 0.1) is 0 Å². The van der Waals surface area contributed by atoms with Gasteiger partial charge in [-0.1, -0.05) is 108 Å². The Morgan fingerprint density at radius 1 is 0.830 bits per heavy atom. The fourth-order valence-corrected chi connectivity index (χ4v) is 6.98. The molecule has 0 aliphatic heterocycles. The van der Waals surface area contributed by atoms with Gasteiger partial charge >= 0.3 is 0 Å². The molecule has 0 radical (unpaired) electrons. The van der Waals surface area contributed by atoms with Crippen molar-refractivity contribution < 1.29 is 18.0 Å². The molecule has 12 heteroatoms. The summed E-state index contributed by atoms with van der Waals surface area (Å²) in [6.45, 7) is 0.462. The molecule has 4 aromatic carbocycles. The van der Waals surface area contributed by atoms with E-state index in [0.717, 1.165) is 40.0 Å². The summed E-state index contributed by atoms with van der Waals surface area (Å²) in [5, 5.41) is 9.48. The second-order valence-electron chi connectivity index (χ2n) is 10.9. The van der Waals surface area contributed by atoms with E-state index in [-0.39, 0.29) is 11.8 Å². The van der Waals surface area contributed by atoms with Crippen LogP contribution in [0.3, 0.4) is 0 Å². The van der Waals surface area contributed by atoms with Crippen molar-refractivity contribution in [3.8, 4) is 11.3 Å². The smallest absolute Gasteiger partial charge is 0.241 e. The molecule has 1 heterocycles. The van der Waals surface area contributed by atoms with Crippen LogP contribution in [0.2, 0.25) is 4.34 Å². The first-order valence-electron chi connectivity index (χ1n) is 14.8. The van der Waals surface area contributed by atoms with Gasteiger partial charge in [0.2, 0.25) is 21.8 Å². The maximum Gasteiger partial charge on any atom is 0.241 e. The summed E-state index contributed by atoms with van der Waals surface area (Å²) in [7, 11) is -1.80. The Balaban J connectivity index is 1.42. The number of benzene rings is 4. The monoisotopic (exact) mass is 687 g/mol. The van der Waals surface area contributed by atoms with Crippen molar-refractivity contribution >= 4 is 61.3 Å². The van der Waals surface area contributed by atoms with Gasteiger partial charge in [-0.3, -0.25) is 14.3 Å². The zero-order valence-corrected chi connectivity index (χ0v) is 28.2. The lowest BCUT2D eigenvalue weighted by Crippen LogP contribution is -2.43. The van der Waals surface area contributed by atoms with Crippen LogP contribution in [0.15, 0.2) is 109 Å². The Morgan fingerprint density at radius 2 is 1.40 bits per heavy atom. The number of nitrogens with zero attached hydrogens (tertiary/aromatic N) is 1. The number of rotatable bonds is 13. The molecule has 0 saturated heterocycles. The van der Waals surface area contributed by atoms with Gasteiger partial charge in [0.05, 0.1) is 12.7 Å². The Hall–Kier alpha value is -4.71. The Morgan fingerprint density at radius 3 is 1.96 bits per heavy atom. The topological polar surface area (TPSA) is 129 Å². The largest absolute Gasteiger partial charge is 0.385 e. The van der Waals surface area contributed by atoms with Gasteiger partial charge < -0.3 is 16.0 Å². The van der Waals surface area contributed by atoms with E-state index in [9.17, 15) is 18.0 Å². The molecule has 0 aliphatic rings. The number of thiazole rings is 1. The Labute approximate surface area is 283 Å². The van der Waals surface area contributed by atoms with Gasteiger partial charge in [0.15, 0.2) is 5.13 Å². The molecule has 0 unspecified atom stereocenters. The van der Waals surface area contributed by atoms with Crippen molar-refractivity contribution in [2.75, 3.05) is 35.2 Å². The average molecular weight is 688 g/mol. The highest BCUT2D eigenvalue weighted by molar-refractivity contribution is 7.92. The third-order valence-corrected chi connectivity index (χ3v) is 9.39. The molecule has 1 aromatic heterocycles. The van der Waals surface area contributed by atoms with E-state index >= 15 is 0 Å². The molecule has 4 N–H and O–H groups in total. The van der Waals surface area contributed by atoms with Gasteiger partial charge in [-0.2, -0.15) is 0 Å². The minimum absolute atomic E-state index is 0.0549. The molecule has 242 valence electrons. The highest BCUT2D eigenvalue weighted by atomic mass is 35.5. The lowest BCUT2D eigenvalue weighted by molar-refractivity contribution is -0.121. The lowest BCUT2D eigenvalue weighted by Gasteiger charge is -2.34. The number of likely N-dealkylation sites (N-methyl/N-ethyl adjacent to an activating group) is 1. The maximum absolute atomic E-state index is 14.6. The highest BCUT2D eigenvalue weighted by Gasteiger charge is 2.42. The molecular formula is C35H34ClN5O4S2. The number of amides is 2. The molecule has 2 amide bonds. The summed E-state index contributed by atoms with van der Waals surface area (Å²) in [6.07, 6.45) is 1.80. The van der Waals surface area contributed by atoms with Crippen LogP contribution in [0.4, 0.5) is 16.5 Å². The molecule has 5 aromatic rings. The minimum Gasteiger partial charge on any atom is -0.385 e. The van der Waals surface area contributed by atoms with Crippen molar-refractivity contribution in [3.63, 3.8) is 0 Å². The van der Waals surface area contributed by atoms with Gasteiger partial charge in [-0.05, 0) is 47.4 Å². The van der Waals surface area contributed by atoms with Crippen LogP contribution in [-0.2, 0) is 31.4 Å². The molecule has 9 nitrogen and oxygen atoms in total. The molecule has 0 spiro atoms. The molecule has 0 bridgehead atoms. The van der Waals surface area contributed by atoms with Crippen LogP contribution in [-0.4, -0.2) is 45.1 Å². The maximum atomic E-state index is 14.6. The van der Waals surface area contributed by atoms with E-state index in [0.29, 0.717) is 45.8 Å². The van der Waals surface area contributed by atoms with Gasteiger partial charge in [-0.15, -0.1) is 0 Å². The van der Waals surface area contributed by atoms with Crippen LogP contribution in [0.1, 0.15) is 23.1 Å². The van der Waals surface area contributed by atoms with E-state index in [1.54, 1.807) is 31.3 Å². The van der Waals surface area contributed by atoms with Crippen molar-refractivity contribution in [1.82, 2.24) is 10.3 Å². The standard InChI is InChI=1S/C35H34ClN5O4S2/c1-37-30(42)23-24-13-17-28(18-14-24)38-22-21-35(26-9-5-3-6-10-26,27-11-7-4-8-12-27)33(43)40-34-39-31(32(36)46-34)25-15-19-29(20-16-25)41-47(2,44)45/h3-20,38,41H,21-23H2,1-2H3,(H,37,42)(H,39,40,43). The summed E-state index contributed by atoms with van der Waals surface area (Å²) in [5.74, 6) is -0.317. The predicted molar refractivity (Wildman–Crippen MR) is 191 cm³/mol. The van der Waals surface area contributed by atoms with Gasteiger partial charge in [-0.25, -0.2) is 13.4 Å². The van der Waals surface area contributed by atoms with Crippen molar-refractivity contribution in [1.29, 1.82) is 0 Å². The number of hydrogen-bond acceptors (Lipinski definition) is 7. The predicted octanol–water partition coefficient (Wildman–Crippen LogP) is 6.55. The van der Waals surface area contributed by atoms with Crippen LogP contribution in [0.5, 0.6) is 0 Å². The van der Waals surface area contributed by atoms with E-state index < -0.39 is 15.4 Å². The third kappa shape index (κ3) is 8.37. The molecule has 0 atom stereocenters. The van der Waals surface area contributed by atoms with Gasteiger partial charge in [0, 0.05) is 30.5 Å². The van der Waals surface area contributed by atoms with Crippen LogP contribution < -0.4 is 20.7 Å². The van der Waals surface area contributed by atoms with Crippen molar-refractivity contribution in [2.24, 2.45) is 0 Å². The Kier molecular flexibility index (Phi) is 10.6. The summed E-state index contributed by atoms with van der Waals surface area (Å²) >= 11 is 7.77. The van der Waals surface area contributed by atoms with Gasteiger partial charge in [0.1, 0.15) is 15.4 Å². The fourth-order valence-electron chi connectivity index (χ4n) is 5.33. The number of nitrogens with one attached hydrogen (secondary N) is 4. The van der Waals surface area contributed by atoms with E-state index in [4.69, 9.17) is 11.6 Å². The number of halogens is 1. The van der Waals surface area contributed by atoms with E-state index in [1.807, 2.05) is 84.9 Å².